The number of halogens is 2. The van der Waals surface area contributed by atoms with Crippen LogP contribution in [0.25, 0.3) is 0 Å². The van der Waals surface area contributed by atoms with Crippen LogP contribution in [0.5, 0.6) is 5.75 Å². The third-order valence-corrected chi connectivity index (χ3v) is 3.87. The second-order valence-electron chi connectivity index (χ2n) is 4.37. The van der Waals surface area contributed by atoms with Gasteiger partial charge in [0, 0.05) is 5.56 Å². The van der Waals surface area contributed by atoms with Gasteiger partial charge in [-0.1, -0.05) is 29.8 Å². The largest absolute Gasteiger partial charge is 0.496 e. The minimum atomic E-state index is -0.445. The molecule has 0 heterocycles. The predicted molar refractivity (Wildman–Crippen MR) is 77.9 cm³/mol. The van der Waals surface area contributed by atoms with Crippen LogP contribution in [0, 0.1) is 12.7 Å². The predicted octanol–water partition coefficient (Wildman–Crippen LogP) is 3.95. The third kappa shape index (κ3) is 2.80. The van der Waals surface area contributed by atoms with Gasteiger partial charge in [-0.05, 0) is 40.5 Å². The fraction of sp³-hybridized carbons (Fsp3) is 0.200. The fourth-order valence-corrected chi connectivity index (χ4v) is 2.54. The summed E-state index contributed by atoms with van der Waals surface area (Å²) in [6.45, 7) is 1.98. The zero-order chi connectivity index (χ0) is 14.0. The number of hydrogen-bond donors (Lipinski definition) is 1. The van der Waals surface area contributed by atoms with E-state index in [4.69, 9.17) is 10.5 Å². The van der Waals surface area contributed by atoms with E-state index in [1.807, 2.05) is 25.1 Å². The summed E-state index contributed by atoms with van der Waals surface area (Å²) in [6.07, 6.45) is 0. The molecule has 100 valence electrons. The Morgan fingerprint density at radius 2 is 1.95 bits per heavy atom. The number of rotatable bonds is 3. The fourth-order valence-electron chi connectivity index (χ4n) is 2.03. The Morgan fingerprint density at radius 3 is 2.63 bits per heavy atom. The van der Waals surface area contributed by atoms with Crippen molar-refractivity contribution in [3.8, 4) is 5.75 Å². The summed E-state index contributed by atoms with van der Waals surface area (Å²) < 4.78 is 19.3. The Balaban J connectivity index is 2.52. The molecule has 2 N–H and O–H groups in total. The molecule has 0 amide bonds. The van der Waals surface area contributed by atoms with Gasteiger partial charge in [0.25, 0.3) is 0 Å². The van der Waals surface area contributed by atoms with Gasteiger partial charge in [-0.3, -0.25) is 0 Å². The van der Waals surface area contributed by atoms with Gasteiger partial charge in [0.05, 0.1) is 17.6 Å². The Kier molecular flexibility index (Phi) is 4.22. The smallest absolute Gasteiger partial charge is 0.137 e. The highest BCUT2D eigenvalue weighted by Crippen LogP contribution is 2.33. The summed E-state index contributed by atoms with van der Waals surface area (Å²) in [4.78, 5) is 0. The molecule has 2 nitrogen and oxygen atoms in total. The molecule has 2 aromatic rings. The molecule has 0 aliphatic carbocycles. The summed E-state index contributed by atoms with van der Waals surface area (Å²) in [7, 11) is 1.60. The molecule has 0 radical (unpaired) electrons. The molecule has 0 saturated heterocycles. The van der Waals surface area contributed by atoms with Crippen LogP contribution in [0.4, 0.5) is 4.39 Å². The van der Waals surface area contributed by atoms with E-state index in [0.29, 0.717) is 15.8 Å². The maximum atomic E-state index is 13.6. The first-order valence-electron chi connectivity index (χ1n) is 5.88. The standard InChI is InChI=1S/C15H15BrFNO/c1-9-6-7-13(19-2)11(8-9)15(18)10-4-3-5-12(17)14(10)16/h3-8,15H,18H2,1-2H3. The van der Waals surface area contributed by atoms with Gasteiger partial charge in [-0.25, -0.2) is 4.39 Å². The summed E-state index contributed by atoms with van der Waals surface area (Å²) in [5.41, 5.74) is 8.88. The van der Waals surface area contributed by atoms with Gasteiger partial charge in [0.2, 0.25) is 0 Å². The lowest BCUT2D eigenvalue weighted by Gasteiger charge is -2.18. The molecule has 0 saturated carbocycles. The average molecular weight is 324 g/mol. The molecule has 1 unspecified atom stereocenters. The third-order valence-electron chi connectivity index (χ3n) is 3.04. The number of methoxy groups -OCH3 is 1. The first kappa shape index (κ1) is 14.0. The Bertz CT molecular complexity index is 601. The summed E-state index contributed by atoms with van der Waals surface area (Å²) in [5, 5.41) is 0. The number of aryl methyl sites for hydroxylation is 1. The van der Waals surface area contributed by atoms with Crippen molar-refractivity contribution in [2.45, 2.75) is 13.0 Å². The van der Waals surface area contributed by atoms with E-state index < -0.39 is 6.04 Å². The lowest BCUT2D eigenvalue weighted by molar-refractivity contribution is 0.407. The van der Waals surface area contributed by atoms with Crippen molar-refractivity contribution in [2.75, 3.05) is 7.11 Å². The Hall–Kier alpha value is -1.39. The van der Waals surface area contributed by atoms with E-state index in [2.05, 4.69) is 15.9 Å². The van der Waals surface area contributed by atoms with E-state index in [9.17, 15) is 4.39 Å². The lowest BCUT2D eigenvalue weighted by Crippen LogP contribution is -2.14. The highest BCUT2D eigenvalue weighted by Gasteiger charge is 2.18. The zero-order valence-corrected chi connectivity index (χ0v) is 12.4. The summed E-state index contributed by atoms with van der Waals surface area (Å²) >= 11 is 3.25. The average Bonchev–Trinajstić information content (AvgIpc) is 2.41. The van der Waals surface area contributed by atoms with E-state index in [1.165, 1.54) is 6.07 Å². The number of hydrogen-bond acceptors (Lipinski definition) is 2. The summed E-state index contributed by atoms with van der Waals surface area (Å²) in [5.74, 6) is 0.383. The topological polar surface area (TPSA) is 35.2 Å². The van der Waals surface area contributed by atoms with Crippen LogP contribution >= 0.6 is 15.9 Å². The van der Waals surface area contributed by atoms with Gasteiger partial charge in [-0.15, -0.1) is 0 Å². The van der Waals surface area contributed by atoms with Gasteiger partial charge in [-0.2, -0.15) is 0 Å². The van der Waals surface area contributed by atoms with Crippen LogP contribution in [0.2, 0.25) is 0 Å². The number of nitrogens with two attached hydrogens (primary N) is 1. The van der Waals surface area contributed by atoms with Gasteiger partial charge < -0.3 is 10.5 Å². The van der Waals surface area contributed by atoms with Crippen LogP contribution in [-0.4, -0.2) is 7.11 Å². The maximum Gasteiger partial charge on any atom is 0.137 e. The molecule has 0 spiro atoms. The Labute approximate surface area is 120 Å². The van der Waals surface area contributed by atoms with Crippen molar-refractivity contribution in [1.29, 1.82) is 0 Å². The van der Waals surface area contributed by atoms with Crippen LogP contribution in [0.3, 0.4) is 0 Å². The molecule has 0 fully saturated rings. The highest BCUT2D eigenvalue weighted by molar-refractivity contribution is 9.10. The minimum absolute atomic E-state index is 0.320. The molecular formula is C15H15BrFNO. The van der Waals surface area contributed by atoms with Gasteiger partial charge in [0.1, 0.15) is 11.6 Å². The Morgan fingerprint density at radius 1 is 1.21 bits per heavy atom. The number of benzene rings is 2. The molecule has 0 aromatic heterocycles. The summed E-state index contributed by atoms with van der Waals surface area (Å²) in [6, 6.07) is 10.2. The van der Waals surface area contributed by atoms with E-state index in [-0.39, 0.29) is 5.82 Å². The lowest BCUT2D eigenvalue weighted by atomic mass is 9.97. The zero-order valence-electron chi connectivity index (χ0n) is 10.8. The van der Waals surface area contributed by atoms with Crippen LogP contribution in [-0.2, 0) is 0 Å². The van der Waals surface area contributed by atoms with Crippen molar-refractivity contribution in [1.82, 2.24) is 0 Å². The quantitative estimate of drug-likeness (QED) is 0.928. The first-order valence-corrected chi connectivity index (χ1v) is 6.68. The maximum absolute atomic E-state index is 13.6. The minimum Gasteiger partial charge on any atom is -0.496 e. The highest BCUT2D eigenvalue weighted by atomic mass is 79.9. The van der Waals surface area contributed by atoms with Crippen LogP contribution < -0.4 is 10.5 Å². The van der Waals surface area contributed by atoms with E-state index in [1.54, 1.807) is 19.2 Å². The molecule has 2 aromatic carbocycles. The van der Waals surface area contributed by atoms with Crippen molar-refractivity contribution < 1.29 is 9.13 Å². The van der Waals surface area contributed by atoms with Crippen LogP contribution in [0.1, 0.15) is 22.7 Å². The first-order chi connectivity index (χ1) is 9.04. The van der Waals surface area contributed by atoms with Crippen molar-refractivity contribution in [2.24, 2.45) is 5.73 Å². The van der Waals surface area contributed by atoms with Crippen molar-refractivity contribution in [3.05, 3.63) is 63.4 Å². The second-order valence-corrected chi connectivity index (χ2v) is 5.16. The van der Waals surface area contributed by atoms with Crippen molar-refractivity contribution >= 4 is 15.9 Å². The van der Waals surface area contributed by atoms with E-state index in [0.717, 1.165) is 11.1 Å². The molecule has 19 heavy (non-hydrogen) atoms. The molecule has 4 heteroatoms. The molecular weight excluding hydrogens is 309 g/mol. The van der Waals surface area contributed by atoms with Crippen molar-refractivity contribution in [3.63, 3.8) is 0 Å². The molecule has 0 aliphatic rings. The molecule has 0 aliphatic heterocycles. The second kappa shape index (κ2) is 5.72. The molecule has 2 rings (SSSR count). The van der Waals surface area contributed by atoms with Crippen LogP contribution in [0.15, 0.2) is 40.9 Å². The molecule has 0 bridgehead atoms. The normalized spacial score (nSPS) is 12.3. The van der Waals surface area contributed by atoms with Gasteiger partial charge >= 0.3 is 0 Å². The van der Waals surface area contributed by atoms with E-state index >= 15 is 0 Å². The number of ether oxygens (including phenoxy) is 1. The molecule has 1 atom stereocenters. The SMILES string of the molecule is COc1ccc(C)cc1C(N)c1cccc(F)c1Br. The monoisotopic (exact) mass is 323 g/mol. The van der Waals surface area contributed by atoms with Gasteiger partial charge in [0.15, 0.2) is 0 Å².